The second kappa shape index (κ2) is 3.14. The number of phenols is 1. The van der Waals surface area contributed by atoms with Crippen LogP contribution in [0.4, 0.5) is 10.5 Å². The molecule has 84 valence electrons. The number of benzene rings is 1. The monoisotopic (exact) mass is 219 g/mol. The molecule has 0 unspecified atom stereocenters. The van der Waals surface area contributed by atoms with Gasteiger partial charge in [-0.3, -0.25) is 4.90 Å². The topological polar surface area (TPSA) is 49.8 Å². The van der Waals surface area contributed by atoms with Crippen molar-refractivity contribution in [3.8, 4) is 5.75 Å². The maximum Gasteiger partial charge on any atom is 0.415 e. The lowest BCUT2D eigenvalue weighted by Crippen LogP contribution is -2.41. The van der Waals surface area contributed by atoms with E-state index in [2.05, 4.69) is 0 Å². The van der Waals surface area contributed by atoms with Crippen molar-refractivity contribution >= 4 is 11.8 Å². The molecule has 16 heavy (non-hydrogen) atoms. The number of amides is 1. The summed E-state index contributed by atoms with van der Waals surface area (Å²) in [6.45, 7) is 0.606. The molecule has 1 saturated carbocycles. The number of rotatable bonds is 1. The van der Waals surface area contributed by atoms with Crippen LogP contribution in [0, 0.1) is 0 Å². The second-order valence-corrected chi connectivity index (χ2v) is 4.51. The molecule has 0 aromatic heterocycles. The Morgan fingerprint density at radius 2 is 2.19 bits per heavy atom. The molecular formula is C12H13NO3. The number of nitrogens with zero attached hydrogens (tertiary/aromatic N) is 1. The largest absolute Gasteiger partial charge is 0.508 e. The summed E-state index contributed by atoms with van der Waals surface area (Å²) in [5.41, 5.74) is 0.455. The molecule has 1 aliphatic carbocycles. The Morgan fingerprint density at radius 1 is 1.38 bits per heavy atom. The second-order valence-electron chi connectivity index (χ2n) is 4.51. The van der Waals surface area contributed by atoms with Crippen LogP contribution < -0.4 is 4.90 Å². The number of phenolic OH excluding ortho intramolecular Hbond substituents is 1. The number of carbonyl (C=O) groups is 1. The minimum absolute atomic E-state index is 0.167. The highest BCUT2D eigenvalue weighted by Gasteiger charge is 2.49. The Labute approximate surface area is 93.4 Å². The fourth-order valence-electron chi connectivity index (χ4n) is 2.31. The van der Waals surface area contributed by atoms with Gasteiger partial charge in [-0.05, 0) is 31.4 Å². The molecule has 1 heterocycles. The van der Waals surface area contributed by atoms with Crippen LogP contribution in [-0.4, -0.2) is 23.3 Å². The van der Waals surface area contributed by atoms with Crippen molar-refractivity contribution in [3.63, 3.8) is 0 Å². The van der Waals surface area contributed by atoms with Gasteiger partial charge in [0, 0.05) is 6.07 Å². The molecular weight excluding hydrogens is 206 g/mol. The van der Waals surface area contributed by atoms with Crippen LogP contribution in [0.15, 0.2) is 24.3 Å². The average molecular weight is 219 g/mol. The van der Waals surface area contributed by atoms with Gasteiger partial charge in [-0.15, -0.1) is 0 Å². The predicted molar refractivity (Wildman–Crippen MR) is 58.5 cm³/mol. The third kappa shape index (κ3) is 1.33. The van der Waals surface area contributed by atoms with E-state index < -0.39 is 0 Å². The molecule has 0 bridgehead atoms. The van der Waals surface area contributed by atoms with Gasteiger partial charge in [0.05, 0.1) is 12.2 Å². The summed E-state index contributed by atoms with van der Waals surface area (Å²) < 4.78 is 5.40. The maximum atomic E-state index is 11.7. The lowest BCUT2D eigenvalue weighted by atomic mass is 9.80. The van der Waals surface area contributed by atoms with E-state index in [1.54, 1.807) is 29.2 Å². The van der Waals surface area contributed by atoms with E-state index >= 15 is 0 Å². The molecule has 1 N–H and O–H groups in total. The first kappa shape index (κ1) is 9.51. The van der Waals surface area contributed by atoms with Gasteiger partial charge < -0.3 is 9.84 Å². The zero-order valence-electron chi connectivity index (χ0n) is 8.85. The standard InChI is InChI=1S/C12H13NO3/c14-10-4-1-3-9(7-10)13-8-12(5-2-6-12)16-11(13)15/h1,3-4,7,14H,2,5-6,8H2. The Bertz CT molecular complexity index is 440. The van der Waals surface area contributed by atoms with E-state index in [-0.39, 0.29) is 17.4 Å². The van der Waals surface area contributed by atoms with Gasteiger partial charge >= 0.3 is 6.09 Å². The van der Waals surface area contributed by atoms with Gasteiger partial charge in [0.15, 0.2) is 0 Å². The summed E-state index contributed by atoms with van der Waals surface area (Å²) in [6.07, 6.45) is 2.73. The molecule has 3 rings (SSSR count). The number of carbonyl (C=O) groups excluding carboxylic acids is 1. The molecule has 2 fully saturated rings. The van der Waals surface area contributed by atoms with Crippen molar-refractivity contribution in [2.45, 2.75) is 24.9 Å². The molecule has 0 radical (unpaired) electrons. The molecule has 0 atom stereocenters. The molecule has 1 aliphatic heterocycles. The number of anilines is 1. The summed E-state index contributed by atoms with van der Waals surface area (Å²) in [5, 5.41) is 9.38. The van der Waals surface area contributed by atoms with E-state index in [9.17, 15) is 9.90 Å². The fraction of sp³-hybridized carbons (Fsp3) is 0.417. The van der Waals surface area contributed by atoms with E-state index in [0.29, 0.717) is 12.2 Å². The highest BCUT2D eigenvalue weighted by Crippen LogP contribution is 2.42. The van der Waals surface area contributed by atoms with Crippen LogP contribution >= 0.6 is 0 Å². The molecule has 1 spiro atoms. The Kier molecular flexibility index (Phi) is 1.87. The normalized spacial score (nSPS) is 22.0. The molecule has 2 aliphatic rings. The Balaban J connectivity index is 1.88. The van der Waals surface area contributed by atoms with Crippen molar-refractivity contribution in [3.05, 3.63) is 24.3 Å². The summed E-state index contributed by atoms with van der Waals surface area (Å²) in [5.74, 6) is 0.167. The van der Waals surface area contributed by atoms with Crippen molar-refractivity contribution < 1.29 is 14.6 Å². The highest BCUT2D eigenvalue weighted by atomic mass is 16.6. The summed E-state index contributed by atoms with van der Waals surface area (Å²) in [6, 6.07) is 6.70. The van der Waals surface area contributed by atoms with Crippen LogP contribution in [0.3, 0.4) is 0 Å². The lowest BCUT2D eigenvalue weighted by Gasteiger charge is -2.35. The first-order chi connectivity index (χ1) is 7.69. The van der Waals surface area contributed by atoms with Crippen LogP contribution in [0.5, 0.6) is 5.75 Å². The molecule has 1 saturated heterocycles. The molecule has 1 aromatic carbocycles. The zero-order valence-corrected chi connectivity index (χ0v) is 8.85. The van der Waals surface area contributed by atoms with Crippen LogP contribution in [0.2, 0.25) is 0 Å². The number of hydrogen-bond acceptors (Lipinski definition) is 3. The smallest absolute Gasteiger partial charge is 0.415 e. The van der Waals surface area contributed by atoms with Crippen molar-refractivity contribution in [2.75, 3.05) is 11.4 Å². The van der Waals surface area contributed by atoms with E-state index in [0.717, 1.165) is 19.3 Å². The van der Waals surface area contributed by atoms with E-state index in [4.69, 9.17) is 4.74 Å². The van der Waals surface area contributed by atoms with Crippen LogP contribution in [-0.2, 0) is 4.74 Å². The summed E-state index contributed by atoms with van der Waals surface area (Å²) in [4.78, 5) is 13.3. The first-order valence-electron chi connectivity index (χ1n) is 5.48. The van der Waals surface area contributed by atoms with Crippen molar-refractivity contribution in [2.24, 2.45) is 0 Å². The predicted octanol–water partition coefficient (Wildman–Crippen LogP) is 2.27. The SMILES string of the molecule is O=C1OC2(CCC2)CN1c1cccc(O)c1. The zero-order chi connectivity index (χ0) is 11.2. The summed E-state index contributed by atoms with van der Waals surface area (Å²) >= 11 is 0. The first-order valence-corrected chi connectivity index (χ1v) is 5.48. The van der Waals surface area contributed by atoms with E-state index in [1.165, 1.54) is 0 Å². The number of aromatic hydroxyl groups is 1. The van der Waals surface area contributed by atoms with Crippen molar-refractivity contribution in [1.82, 2.24) is 0 Å². The molecule has 1 amide bonds. The minimum Gasteiger partial charge on any atom is -0.508 e. The quantitative estimate of drug-likeness (QED) is 0.788. The van der Waals surface area contributed by atoms with Gasteiger partial charge in [0.1, 0.15) is 11.4 Å². The maximum absolute atomic E-state index is 11.7. The van der Waals surface area contributed by atoms with Gasteiger partial charge in [-0.1, -0.05) is 6.07 Å². The van der Waals surface area contributed by atoms with Gasteiger partial charge in [-0.2, -0.15) is 0 Å². The Hall–Kier alpha value is -1.71. The van der Waals surface area contributed by atoms with Gasteiger partial charge in [0.25, 0.3) is 0 Å². The average Bonchev–Trinajstić information content (AvgIpc) is 2.56. The third-order valence-corrected chi connectivity index (χ3v) is 3.38. The fourth-order valence-corrected chi connectivity index (χ4v) is 2.31. The Morgan fingerprint density at radius 3 is 2.75 bits per heavy atom. The molecule has 1 aromatic rings. The molecule has 4 nitrogen and oxygen atoms in total. The highest BCUT2D eigenvalue weighted by molar-refractivity contribution is 5.90. The van der Waals surface area contributed by atoms with Gasteiger partial charge in [0.2, 0.25) is 0 Å². The van der Waals surface area contributed by atoms with Crippen LogP contribution in [0.25, 0.3) is 0 Å². The van der Waals surface area contributed by atoms with Crippen LogP contribution in [0.1, 0.15) is 19.3 Å². The minimum atomic E-state index is -0.301. The number of hydrogen-bond donors (Lipinski definition) is 1. The number of ether oxygens (including phenoxy) is 1. The lowest BCUT2D eigenvalue weighted by molar-refractivity contribution is -0.00650. The third-order valence-electron chi connectivity index (χ3n) is 3.38. The van der Waals surface area contributed by atoms with Crippen molar-refractivity contribution in [1.29, 1.82) is 0 Å². The summed E-state index contributed by atoms with van der Waals surface area (Å²) in [7, 11) is 0. The molecule has 4 heteroatoms. The van der Waals surface area contributed by atoms with Gasteiger partial charge in [-0.25, -0.2) is 4.79 Å². The van der Waals surface area contributed by atoms with E-state index in [1.807, 2.05) is 0 Å².